The highest BCUT2D eigenvalue weighted by Gasteiger charge is 2.40. The van der Waals surface area contributed by atoms with Crippen molar-refractivity contribution in [3.63, 3.8) is 0 Å². The molecule has 1 heterocycles. The molecule has 2 N–H and O–H groups in total. The number of nitrogens with zero attached hydrogens (tertiary/aromatic N) is 1. The number of nitrogens with one attached hydrogen (secondary N) is 1. The summed E-state index contributed by atoms with van der Waals surface area (Å²) in [6.45, 7) is 0.643. The van der Waals surface area contributed by atoms with Crippen molar-refractivity contribution >= 4 is 17.8 Å². The largest absolute Gasteiger partial charge is 0.481 e. The zero-order chi connectivity index (χ0) is 20.1. The topological polar surface area (TPSA) is 86.7 Å². The lowest BCUT2D eigenvalue weighted by Crippen LogP contribution is -2.30. The summed E-state index contributed by atoms with van der Waals surface area (Å²) in [6, 6.07) is 16.7. The lowest BCUT2D eigenvalue weighted by Gasteiger charge is -2.16. The summed E-state index contributed by atoms with van der Waals surface area (Å²) in [5, 5.41) is 12.2. The first-order chi connectivity index (χ1) is 13.5. The third kappa shape index (κ3) is 4.39. The summed E-state index contributed by atoms with van der Waals surface area (Å²) in [5.74, 6) is -1.89. The van der Waals surface area contributed by atoms with Gasteiger partial charge in [-0.1, -0.05) is 42.5 Å². The maximum absolute atomic E-state index is 12.7. The first kappa shape index (κ1) is 19.6. The first-order valence-electron chi connectivity index (χ1n) is 9.36. The second-order valence-corrected chi connectivity index (χ2v) is 7.04. The quantitative estimate of drug-likeness (QED) is 0.805. The summed E-state index contributed by atoms with van der Waals surface area (Å²) in [4.78, 5) is 37.8. The Labute approximate surface area is 164 Å². The summed E-state index contributed by atoms with van der Waals surface area (Å²) in [6.07, 6.45) is 0.791. The van der Waals surface area contributed by atoms with Crippen molar-refractivity contribution in [1.82, 2.24) is 10.2 Å². The molecule has 0 radical (unpaired) electrons. The summed E-state index contributed by atoms with van der Waals surface area (Å²) in [5.41, 5.74) is 2.41. The van der Waals surface area contributed by atoms with Gasteiger partial charge < -0.3 is 15.3 Å². The fourth-order valence-corrected chi connectivity index (χ4v) is 3.72. The van der Waals surface area contributed by atoms with Crippen LogP contribution >= 0.6 is 0 Å². The molecule has 2 amide bonds. The van der Waals surface area contributed by atoms with Crippen LogP contribution in [0.3, 0.4) is 0 Å². The molecule has 1 fully saturated rings. The number of carbonyl (C=O) groups is 3. The van der Waals surface area contributed by atoms with Crippen LogP contribution < -0.4 is 5.32 Å². The third-order valence-electron chi connectivity index (χ3n) is 5.26. The van der Waals surface area contributed by atoms with Crippen molar-refractivity contribution in [2.24, 2.45) is 5.92 Å². The normalized spacial score (nSPS) is 18.7. The molecule has 1 aliphatic heterocycles. The van der Waals surface area contributed by atoms with Crippen molar-refractivity contribution in [3.05, 3.63) is 71.3 Å². The Hall–Kier alpha value is -3.15. The molecule has 2 atom stereocenters. The molecular formula is C22H24N2O4. The molecule has 0 unspecified atom stereocenters. The SMILES string of the molecule is CNC(=O)c1cccc(CCC(=O)N2C[C@H](C(=O)O)[C@H](c3ccccc3)C2)c1. The van der Waals surface area contributed by atoms with Crippen LogP contribution in [0.5, 0.6) is 0 Å². The van der Waals surface area contributed by atoms with Crippen LogP contribution in [0.4, 0.5) is 0 Å². The van der Waals surface area contributed by atoms with Crippen LogP contribution in [-0.4, -0.2) is 47.9 Å². The van der Waals surface area contributed by atoms with E-state index in [0.717, 1.165) is 11.1 Å². The molecule has 2 aromatic carbocycles. The van der Waals surface area contributed by atoms with Gasteiger partial charge in [0.05, 0.1) is 5.92 Å². The standard InChI is InChI=1S/C22H24N2O4/c1-23-21(26)17-9-5-6-15(12-17)10-11-20(25)24-13-18(19(14-24)22(27)28)16-7-3-2-4-8-16/h2-9,12,18-19H,10-11,13-14H2,1H3,(H,23,26)(H,27,28)/t18-,19-/m0/s1. The Balaban J connectivity index is 1.65. The fourth-order valence-electron chi connectivity index (χ4n) is 3.72. The minimum atomic E-state index is -0.873. The van der Waals surface area contributed by atoms with E-state index in [1.807, 2.05) is 36.4 Å². The van der Waals surface area contributed by atoms with Crippen LogP contribution in [0.25, 0.3) is 0 Å². The fraction of sp³-hybridized carbons (Fsp3) is 0.318. The molecule has 146 valence electrons. The third-order valence-corrected chi connectivity index (χ3v) is 5.26. The number of carbonyl (C=O) groups excluding carboxylic acids is 2. The molecule has 0 aliphatic carbocycles. The van der Waals surface area contributed by atoms with Crippen LogP contribution in [-0.2, 0) is 16.0 Å². The first-order valence-corrected chi connectivity index (χ1v) is 9.36. The molecule has 1 saturated heterocycles. The van der Waals surface area contributed by atoms with Gasteiger partial charge in [-0.05, 0) is 29.7 Å². The van der Waals surface area contributed by atoms with E-state index in [-0.39, 0.29) is 30.7 Å². The highest BCUT2D eigenvalue weighted by Crippen LogP contribution is 2.33. The van der Waals surface area contributed by atoms with Crippen molar-refractivity contribution in [2.75, 3.05) is 20.1 Å². The molecule has 0 spiro atoms. The average molecular weight is 380 g/mol. The van der Waals surface area contributed by atoms with Gasteiger partial charge >= 0.3 is 5.97 Å². The number of likely N-dealkylation sites (tertiary alicyclic amines) is 1. The summed E-state index contributed by atoms with van der Waals surface area (Å²) in [7, 11) is 1.58. The van der Waals surface area contributed by atoms with E-state index in [0.29, 0.717) is 18.5 Å². The number of aliphatic carboxylic acids is 1. The number of carboxylic acids is 1. The number of benzene rings is 2. The van der Waals surface area contributed by atoms with E-state index in [9.17, 15) is 19.5 Å². The maximum Gasteiger partial charge on any atom is 0.308 e. The number of rotatable bonds is 6. The van der Waals surface area contributed by atoms with Gasteiger partial charge in [-0.2, -0.15) is 0 Å². The Morgan fingerprint density at radius 1 is 1.07 bits per heavy atom. The van der Waals surface area contributed by atoms with Crippen molar-refractivity contribution < 1.29 is 19.5 Å². The van der Waals surface area contributed by atoms with Gasteiger partial charge in [0, 0.05) is 38.0 Å². The van der Waals surface area contributed by atoms with Crippen LogP contribution in [0.2, 0.25) is 0 Å². The molecule has 2 aromatic rings. The molecular weight excluding hydrogens is 356 g/mol. The van der Waals surface area contributed by atoms with Gasteiger partial charge in [0.15, 0.2) is 0 Å². The van der Waals surface area contributed by atoms with E-state index in [4.69, 9.17) is 0 Å². The highest BCUT2D eigenvalue weighted by molar-refractivity contribution is 5.94. The van der Waals surface area contributed by atoms with Crippen molar-refractivity contribution in [3.8, 4) is 0 Å². The molecule has 6 heteroatoms. The summed E-state index contributed by atoms with van der Waals surface area (Å²) >= 11 is 0. The zero-order valence-corrected chi connectivity index (χ0v) is 15.8. The van der Waals surface area contributed by atoms with Gasteiger partial charge in [0.1, 0.15) is 0 Å². The van der Waals surface area contributed by atoms with Crippen molar-refractivity contribution in [2.45, 2.75) is 18.8 Å². The maximum atomic E-state index is 12.7. The Morgan fingerprint density at radius 2 is 1.82 bits per heavy atom. The number of amides is 2. The average Bonchev–Trinajstić information content (AvgIpc) is 3.18. The van der Waals surface area contributed by atoms with Crippen LogP contribution in [0.15, 0.2) is 54.6 Å². The number of hydrogen-bond acceptors (Lipinski definition) is 3. The molecule has 28 heavy (non-hydrogen) atoms. The van der Waals surface area contributed by atoms with Crippen LogP contribution in [0, 0.1) is 5.92 Å². The molecule has 3 rings (SSSR count). The second-order valence-electron chi connectivity index (χ2n) is 7.04. The Morgan fingerprint density at radius 3 is 2.50 bits per heavy atom. The van der Waals surface area contributed by atoms with Gasteiger partial charge in [-0.3, -0.25) is 14.4 Å². The molecule has 6 nitrogen and oxygen atoms in total. The lowest BCUT2D eigenvalue weighted by molar-refractivity contribution is -0.141. The number of hydrogen-bond donors (Lipinski definition) is 2. The minimum absolute atomic E-state index is 0.0602. The number of carboxylic acid groups (broad SMARTS) is 1. The predicted octanol–water partition coefficient (Wildman–Crippen LogP) is 2.31. The van der Waals surface area contributed by atoms with E-state index in [1.165, 1.54) is 0 Å². The monoisotopic (exact) mass is 380 g/mol. The Kier molecular flexibility index (Phi) is 6.09. The van der Waals surface area contributed by atoms with Crippen LogP contribution in [0.1, 0.15) is 33.8 Å². The van der Waals surface area contributed by atoms with Gasteiger partial charge in [-0.25, -0.2) is 0 Å². The van der Waals surface area contributed by atoms with Crippen molar-refractivity contribution in [1.29, 1.82) is 0 Å². The predicted molar refractivity (Wildman–Crippen MR) is 105 cm³/mol. The molecule has 0 saturated carbocycles. The minimum Gasteiger partial charge on any atom is -0.481 e. The van der Waals surface area contributed by atoms with Gasteiger partial charge in [0.25, 0.3) is 5.91 Å². The molecule has 0 bridgehead atoms. The molecule has 0 aromatic heterocycles. The summed E-state index contributed by atoms with van der Waals surface area (Å²) < 4.78 is 0. The zero-order valence-electron chi connectivity index (χ0n) is 15.8. The Bertz CT molecular complexity index is 866. The van der Waals surface area contributed by atoms with Gasteiger partial charge in [0.2, 0.25) is 5.91 Å². The number of aryl methyl sites for hydroxylation is 1. The lowest BCUT2D eigenvalue weighted by atomic mass is 9.89. The van der Waals surface area contributed by atoms with E-state index >= 15 is 0 Å². The van der Waals surface area contributed by atoms with Gasteiger partial charge in [-0.15, -0.1) is 0 Å². The smallest absolute Gasteiger partial charge is 0.308 e. The van der Waals surface area contributed by atoms with E-state index in [1.54, 1.807) is 30.1 Å². The van der Waals surface area contributed by atoms with E-state index in [2.05, 4.69) is 5.32 Å². The van der Waals surface area contributed by atoms with E-state index < -0.39 is 11.9 Å². The second kappa shape index (κ2) is 8.69. The highest BCUT2D eigenvalue weighted by atomic mass is 16.4. The molecule has 1 aliphatic rings.